The first-order valence-electron chi connectivity index (χ1n) is 23.1. The first-order valence-corrected chi connectivity index (χ1v) is 23.1. The molecule has 0 aliphatic heterocycles. The van der Waals surface area contributed by atoms with Gasteiger partial charge in [-0.2, -0.15) is 0 Å². The summed E-state index contributed by atoms with van der Waals surface area (Å²) in [4.78, 5) is 82.4. The number of carboxylic acid groups (broad SMARTS) is 2. The van der Waals surface area contributed by atoms with Crippen molar-refractivity contribution in [1.82, 2.24) is 31.2 Å². The van der Waals surface area contributed by atoms with Crippen LogP contribution in [0, 0.1) is 0 Å². The summed E-state index contributed by atoms with van der Waals surface area (Å²) in [6.07, 6.45) is 15.4. The molecule has 0 aliphatic rings. The maximum absolute atomic E-state index is 12.3. The number of ether oxygens (including phenoxy) is 4. The van der Waals surface area contributed by atoms with E-state index in [0.29, 0.717) is 6.42 Å². The van der Waals surface area contributed by atoms with Gasteiger partial charge < -0.3 is 66.0 Å². The van der Waals surface area contributed by atoms with Gasteiger partial charge in [0.1, 0.15) is 19.3 Å². The van der Waals surface area contributed by atoms with Crippen LogP contribution in [0.2, 0.25) is 0 Å². The Kier molecular flexibility index (Phi) is 35.2. The highest BCUT2D eigenvalue weighted by atomic mass is 16.5. The van der Waals surface area contributed by atoms with E-state index in [0.717, 1.165) is 44.9 Å². The number of carbonyl (C=O) groups is 7. The van der Waals surface area contributed by atoms with Gasteiger partial charge in [0.05, 0.1) is 39.6 Å². The quantitative estimate of drug-likeness (QED) is 0.0425. The second-order valence-corrected chi connectivity index (χ2v) is 15.5. The predicted octanol–water partition coefficient (Wildman–Crippen LogP) is 2.50. The summed E-state index contributed by atoms with van der Waals surface area (Å²) in [6, 6.07) is 1.49. The molecule has 1 aromatic rings. The van der Waals surface area contributed by atoms with E-state index in [1.54, 1.807) is 0 Å². The Morgan fingerprint density at radius 2 is 0.862 bits per heavy atom. The van der Waals surface area contributed by atoms with Crippen molar-refractivity contribution in [2.45, 2.75) is 135 Å². The molecule has 0 saturated heterocycles. The minimum absolute atomic E-state index is 0.0364. The van der Waals surface area contributed by atoms with Crippen LogP contribution in [-0.4, -0.2) is 152 Å². The Bertz CT molecular complexity index is 1470. The second kappa shape index (κ2) is 39.4. The number of aromatic nitrogens is 1. The van der Waals surface area contributed by atoms with Gasteiger partial charge in [0.25, 0.3) is 0 Å². The molecule has 9 N–H and O–H groups in total. The molecule has 21 heteroatoms. The van der Waals surface area contributed by atoms with Crippen LogP contribution in [0.5, 0.6) is 11.8 Å². The maximum atomic E-state index is 12.3. The number of hydrogen-bond donors (Lipinski definition) is 9. The molecule has 1 atom stereocenters. The summed E-state index contributed by atoms with van der Waals surface area (Å²) >= 11 is 0. The summed E-state index contributed by atoms with van der Waals surface area (Å²) in [7, 11) is 0. The molecule has 5 amide bonds. The van der Waals surface area contributed by atoms with Crippen LogP contribution in [-0.2, 0) is 59.1 Å². The van der Waals surface area contributed by atoms with Crippen LogP contribution >= 0.6 is 0 Å². The smallest absolute Gasteiger partial charge is 0.326 e. The van der Waals surface area contributed by atoms with Gasteiger partial charge in [0.15, 0.2) is 11.8 Å². The maximum Gasteiger partial charge on any atom is 0.326 e. The Morgan fingerprint density at radius 1 is 0.462 bits per heavy atom. The lowest BCUT2D eigenvalue weighted by molar-refractivity contribution is -0.142. The molecular weight excluding hydrogens is 853 g/mol. The molecule has 0 fully saturated rings. The van der Waals surface area contributed by atoms with E-state index in [1.165, 1.54) is 55.2 Å². The van der Waals surface area contributed by atoms with Crippen molar-refractivity contribution in [2.75, 3.05) is 79.0 Å². The van der Waals surface area contributed by atoms with Crippen molar-refractivity contribution in [1.29, 1.82) is 0 Å². The Labute approximate surface area is 382 Å². The van der Waals surface area contributed by atoms with Gasteiger partial charge in [-0.1, -0.05) is 77.0 Å². The zero-order valence-corrected chi connectivity index (χ0v) is 38.1. The molecule has 65 heavy (non-hydrogen) atoms. The molecular formula is C44H76N6O15. The molecule has 0 radical (unpaired) electrons. The fourth-order valence-corrected chi connectivity index (χ4v) is 6.35. The Hall–Kier alpha value is -4.99. The summed E-state index contributed by atoms with van der Waals surface area (Å²) in [5.74, 6) is -3.92. The minimum Gasteiger partial charge on any atom is -0.494 e. The Morgan fingerprint density at radius 3 is 1.34 bits per heavy atom. The highest BCUT2D eigenvalue weighted by Gasteiger charge is 2.21. The monoisotopic (exact) mass is 929 g/mol. The first kappa shape index (κ1) is 58.0. The van der Waals surface area contributed by atoms with E-state index in [-0.39, 0.29) is 159 Å². The molecule has 21 nitrogen and oxygen atoms in total. The lowest BCUT2D eigenvalue weighted by Crippen LogP contribution is -2.41. The number of aliphatic carboxylic acids is 2. The molecule has 1 heterocycles. The molecule has 0 aromatic carbocycles. The zero-order chi connectivity index (χ0) is 47.8. The molecule has 0 bridgehead atoms. The zero-order valence-electron chi connectivity index (χ0n) is 38.1. The van der Waals surface area contributed by atoms with Crippen molar-refractivity contribution in [2.24, 2.45) is 0 Å². The van der Waals surface area contributed by atoms with Gasteiger partial charge in [0.2, 0.25) is 29.5 Å². The Balaban J connectivity index is 1.90. The molecule has 1 rings (SSSR count). The van der Waals surface area contributed by atoms with Crippen molar-refractivity contribution < 1.29 is 72.9 Å². The van der Waals surface area contributed by atoms with E-state index in [1.807, 2.05) is 0 Å². The van der Waals surface area contributed by atoms with Crippen molar-refractivity contribution in [3.8, 4) is 11.8 Å². The molecule has 0 spiro atoms. The van der Waals surface area contributed by atoms with E-state index < -0.39 is 18.0 Å². The summed E-state index contributed by atoms with van der Waals surface area (Å²) < 4.78 is 22.5. The second-order valence-electron chi connectivity index (χ2n) is 15.5. The molecule has 0 aliphatic carbocycles. The third-order valence-corrected chi connectivity index (χ3v) is 9.95. The molecule has 0 saturated carbocycles. The fraction of sp³-hybridized carbons (Fsp3) is 0.750. The number of carboxylic acids is 2. The largest absolute Gasteiger partial charge is 0.494 e. The first-order chi connectivity index (χ1) is 31.4. The van der Waals surface area contributed by atoms with Gasteiger partial charge in [0, 0.05) is 70.5 Å². The number of aromatic hydroxyl groups is 2. The minimum atomic E-state index is -1.19. The fourth-order valence-electron chi connectivity index (χ4n) is 6.35. The van der Waals surface area contributed by atoms with Crippen LogP contribution in [0.1, 0.15) is 122 Å². The van der Waals surface area contributed by atoms with Crippen LogP contribution < -0.4 is 26.6 Å². The highest BCUT2D eigenvalue weighted by Crippen LogP contribution is 2.21. The number of rotatable bonds is 44. The van der Waals surface area contributed by atoms with Crippen LogP contribution in [0.25, 0.3) is 0 Å². The van der Waals surface area contributed by atoms with E-state index in [2.05, 4.69) is 26.6 Å². The molecule has 0 unspecified atom stereocenters. The van der Waals surface area contributed by atoms with E-state index >= 15 is 0 Å². The number of amides is 5. The summed E-state index contributed by atoms with van der Waals surface area (Å²) in [5, 5.41) is 50.4. The van der Waals surface area contributed by atoms with Crippen LogP contribution in [0.15, 0.2) is 12.1 Å². The number of unbranched alkanes of at least 4 members (excludes halogenated alkanes) is 13. The van der Waals surface area contributed by atoms with Crippen LogP contribution in [0.4, 0.5) is 0 Å². The normalized spacial score (nSPS) is 11.4. The van der Waals surface area contributed by atoms with Gasteiger partial charge in [-0.25, -0.2) is 4.79 Å². The highest BCUT2D eigenvalue weighted by molar-refractivity contribution is 5.84. The third kappa shape index (κ3) is 35.0. The molecule has 1 aromatic heterocycles. The SMILES string of the molecule is O=C(O)CCCCCCCCCCCCCCCCC(=O)N[C@@H](CCC(=O)NCCOCCOCC(=O)NCCOCCOCC(=O)NCCNC(=O)CCn1c(O)ccc1O)C(=O)O. The number of hydrogen-bond acceptors (Lipinski definition) is 13. The van der Waals surface area contributed by atoms with Crippen LogP contribution in [0.3, 0.4) is 0 Å². The van der Waals surface area contributed by atoms with E-state index in [4.69, 9.17) is 24.1 Å². The van der Waals surface area contributed by atoms with Gasteiger partial charge in [-0.05, 0) is 19.3 Å². The van der Waals surface area contributed by atoms with Crippen molar-refractivity contribution in [3.63, 3.8) is 0 Å². The number of nitrogens with one attached hydrogen (secondary N) is 5. The van der Waals surface area contributed by atoms with Gasteiger partial charge in [-0.3, -0.25) is 33.3 Å². The van der Waals surface area contributed by atoms with Crippen molar-refractivity contribution in [3.05, 3.63) is 12.1 Å². The standard InChI is InChI=1S/C44H76N6O15/c51-36(18-17-35(44(60)61)49-38(53)15-13-11-9-7-5-3-1-2-4-6-8-10-12-14-16-43(58)59)47-24-27-62-29-32-65-34-40(55)48-25-28-63-30-31-64-33-39(54)46-23-22-45-37(52)21-26-50-41(56)19-20-42(50)57/h19-20,35,56-57H,1-18,21-34H2,(H,45,52)(H,46,54)(H,47,51)(H,48,55)(H,49,53)(H,58,59)(H,60,61)/t35-/m0/s1. The summed E-state index contributed by atoms with van der Waals surface area (Å²) in [6.45, 7) is 1.64. The van der Waals surface area contributed by atoms with Gasteiger partial charge in [-0.15, -0.1) is 0 Å². The lowest BCUT2D eigenvalue weighted by Gasteiger charge is -2.14. The van der Waals surface area contributed by atoms with Crippen molar-refractivity contribution >= 4 is 41.5 Å². The third-order valence-electron chi connectivity index (χ3n) is 9.95. The van der Waals surface area contributed by atoms with E-state index in [9.17, 15) is 48.9 Å². The topological polar surface area (TPSA) is 302 Å². The predicted molar refractivity (Wildman–Crippen MR) is 238 cm³/mol. The van der Waals surface area contributed by atoms with Gasteiger partial charge >= 0.3 is 11.9 Å². The summed E-state index contributed by atoms with van der Waals surface area (Å²) in [5.41, 5.74) is 0. The average molecular weight is 929 g/mol. The lowest BCUT2D eigenvalue weighted by atomic mass is 10.0. The number of nitrogens with zero attached hydrogens (tertiary/aromatic N) is 1. The number of carbonyl (C=O) groups excluding carboxylic acids is 5. The molecule has 372 valence electrons. The average Bonchev–Trinajstić information content (AvgIpc) is 3.59.